The molecule has 0 amide bonds. The first-order chi connectivity index (χ1) is 14.8. The number of fused-ring (bicyclic) bond motifs is 1. The molecule has 2 aromatic rings. The molecule has 0 saturated carbocycles. The number of nitrogens with two attached hydrogens (primary N) is 1. The van der Waals surface area contributed by atoms with Crippen LogP contribution in [0.4, 0.5) is 5.95 Å². The maximum absolute atomic E-state index is 11.9. The third-order valence-corrected chi connectivity index (χ3v) is 8.21. The van der Waals surface area contributed by atoms with Gasteiger partial charge in [-0.05, 0) is 0 Å². The second-order valence-electron chi connectivity index (χ2n) is 6.31. The standard InChI is InChI=1S/C10H14N5O14P3/c11-10-13-7-4(8(18)14-10)12-2-15(7)9-6(17)5(16)3(25-9)1-24-30(19,20)28-31(21,22)29-32(23)26-27-32/h2-3,5-6,9,16-17H,1H2,(H,19,20)(H,21,22)(H3,11,13,14,18)/t3-,5-,6-,9-/m1/s1. The van der Waals surface area contributed by atoms with E-state index in [1.807, 2.05) is 0 Å². The molecule has 2 unspecified atom stereocenters. The van der Waals surface area contributed by atoms with Gasteiger partial charge in [0.2, 0.25) is 5.95 Å². The van der Waals surface area contributed by atoms with Gasteiger partial charge in [0.05, 0.1) is 12.9 Å². The molecule has 0 bridgehead atoms. The molecule has 2 aromatic heterocycles. The normalized spacial score (nSPS) is 30.8. The van der Waals surface area contributed by atoms with Crippen LogP contribution in [-0.2, 0) is 40.9 Å². The minimum atomic E-state index is -5.42. The summed E-state index contributed by atoms with van der Waals surface area (Å²) in [6.45, 7) is -0.935. The highest BCUT2D eigenvalue weighted by atomic mass is 31.3. The molecule has 4 heterocycles. The lowest BCUT2D eigenvalue weighted by atomic mass is 10.1. The molecule has 0 radical (unpaired) electrons. The van der Waals surface area contributed by atoms with E-state index in [0.717, 1.165) is 10.9 Å². The van der Waals surface area contributed by atoms with Gasteiger partial charge in [-0.1, -0.05) is 0 Å². The summed E-state index contributed by atoms with van der Waals surface area (Å²) in [6, 6.07) is 0. The molecule has 0 aliphatic carbocycles. The molecule has 19 nitrogen and oxygen atoms in total. The maximum Gasteiger partial charge on any atom is 0.539 e. The van der Waals surface area contributed by atoms with Crippen molar-refractivity contribution in [2.75, 3.05) is 12.3 Å². The van der Waals surface area contributed by atoms with Gasteiger partial charge in [0.15, 0.2) is 17.4 Å². The van der Waals surface area contributed by atoms with Crippen LogP contribution < -0.4 is 11.3 Å². The minimum absolute atomic E-state index is 0.0852. The molecule has 2 fully saturated rings. The van der Waals surface area contributed by atoms with Crippen molar-refractivity contribution in [2.24, 2.45) is 0 Å². The molecule has 2 aliphatic rings. The molecule has 0 spiro atoms. The maximum atomic E-state index is 11.9. The van der Waals surface area contributed by atoms with Crippen LogP contribution in [0.15, 0.2) is 11.1 Å². The summed E-state index contributed by atoms with van der Waals surface area (Å²) in [7, 11) is -15.1. The number of hydrogen-bond acceptors (Lipinski definition) is 15. The van der Waals surface area contributed by atoms with Gasteiger partial charge in [-0.3, -0.25) is 18.9 Å². The van der Waals surface area contributed by atoms with Crippen molar-refractivity contribution in [3.63, 3.8) is 0 Å². The highest BCUT2D eigenvalue weighted by Crippen LogP contribution is 2.76. The molecule has 0 aromatic carbocycles. The van der Waals surface area contributed by atoms with E-state index in [4.69, 9.17) is 10.5 Å². The van der Waals surface area contributed by atoms with E-state index in [0.29, 0.717) is 0 Å². The van der Waals surface area contributed by atoms with Gasteiger partial charge in [-0.15, -0.1) is 9.35 Å². The number of anilines is 1. The van der Waals surface area contributed by atoms with Gasteiger partial charge in [0.25, 0.3) is 5.56 Å². The lowest BCUT2D eigenvalue weighted by Gasteiger charge is -2.18. The van der Waals surface area contributed by atoms with Gasteiger partial charge in [0, 0.05) is 0 Å². The molecule has 178 valence electrons. The summed E-state index contributed by atoms with van der Waals surface area (Å²) in [5, 5.41) is 20.5. The monoisotopic (exact) mass is 521 g/mol. The Morgan fingerprint density at radius 2 is 1.94 bits per heavy atom. The lowest BCUT2D eigenvalue weighted by molar-refractivity contribution is -0.0503. The number of hydrogen-bond donors (Lipinski definition) is 6. The SMILES string of the molecule is Nc1nc2c(ncn2[C@@H]2O[C@H](COP(=O)(O)OP(=O)(O)OP3(=O)OO3)[C@@H](O)[C@H]2O)c(=O)[nH]1. The Morgan fingerprint density at radius 3 is 2.59 bits per heavy atom. The number of nitrogens with zero attached hydrogens (tertiary/aromatic N) is 3. The molecular formula is C10H14N5O14P3. The Bertz CT molecular complexity index is 1240. The van der Waals surface area contributed by atoms with Crippen LogP contribution in [0.3, 0.4) is 0 Å². The van der Waals surface area contributed by atoms with Crippen molar-refractivity contribution in [1.82, 2.24) is 19.5 Å². The Balaban J connectivity index is 1.45. The number of aliphatic hydroxyl groups is 2. The number of nitrogens with one attached hydrogen (secondary N) is 1. The molecule has 22 heteroatoms. The second kappa shape index (κ2) is 8.03. The first-order valence-electron chi connectivity index (χ1n) is 8.24. The quantitative estimate of drug-likeness (QED) is 0.133. The minimum Gasteiger partial charge on any atom is -0.387 e. The fourth-order valence-electron chi connectivity index (χ4n) is 2.74. The summed E-state index contributed by atoms with van der Waals surface area (Å²) in [6.07, 6.45) is -5.11. The van der Waals surface area contributed by atoms with Crippen molar-refractivity contribution >= 4 is 40.6 Å². The van der Waals surface area contributed by atoms with Crippen molar-refractivity contribution in [3.8, 4) is 0 Å². The van der Waals surface area contributed by atoms with Crippen molar-refractivity contribution in [3.05, 3.63) is 16.7 Å². The number of aliphatic hydroxyl groups excluding tert-OH is 2. The lowest BCUT2D eigenvalue weighted by Crippen LogP contribution is -2.33. The predicted octanol–water partition coefficient (Wildman–Crippen LogP) is -1.36. The number of nitrogen functional groups attached to an aromatic ring is 1. The highest BCUT2D eigenvalue weighted by Gasteiger charge is 2.54. The van der Waals surface area contributed by atoms with Crippen molar-refractivity contribution in [2.45, 2.75) is 24.5 Å². The Labute approximate surface area is 175 Å². The largest absolute Gasteiger partial charge is 0.539 e. The average molecular weight is 521 g/mol. The number of phosphoric ester groups is 1. The number of ether oxygens (including phenoxy) is 1. The zero-order valence-corrected chi connectivity index (χ0v) is 17.9. The summed E-state index contributed by atoms with van der Waals surface area (Å²) in [5.41, 5.74) is 4.59. The van der Waals surface area contributed by atoms with E-state index in [2.05, 4.69) is 37.4 Å². The van der Waals surface area contributed by atoms with Crippen LogP contribution in [-0.4, -0.2) is 64.4 Å². The van der Waals surface area contributed by atoms with Crippen LogP contribution in [0.25, 0.3) is 11.2 Å². The molecular weight excluding hydrogens is 507 g/mol. The number of imidazole rings is 1. The Hall–Kier alpha value is -1.56. The van der Waals surface area contributed by atoms with E-state index in [1.165, 1.54) is 0 Å². The topological polar surface area (TPSA) is 284 Å². The van der Waals surface area contributed by atoms with Crippen molar-refractivity contribution < 1.29 is 60.9 Å². The number of H-pyrrole nitrogens is 1. The van der Waals surface area contributed by atoms with E-state index in [9.17, 15) is 38.5 Å². The van der Waals surface area contributed by atoms with Crippen LogP contribution in [0.2, 0.25) is 0 Å². The zero-order valence-electron chi connectivity index (χ0n) is 15.2. The molecule has 6 atom stereocenters. The predicted molar refractivity (Wildman–Crippen MR) is 96.0 cm³/mol. The molecule has 7 N–H and O–H groups in total. The number of phosphoric acid groups is 3. The third kappa shape index (κ3) is 4.85. The number of aromatic amines is 1. The van der Waals surface area contributed by atoms with Crippen LogP contribution in [0, 0.1) is 0 Å². The molecule has 32 heavy (non-hydrogen) atoms. The number of rotatable bonds is 8. The van der Waals surface area contributed by atoms with E-state index < -0.39 is 60.2 Å². The van der Waals surface area contributed by atoms with E-state index >= 15 is 0 Å². The fraction of sp³-hybridized carbons (Fsp3) is 0.500. The highest BCUT2D eigenvalue weighted by molar-refractivity contribution is 7.68. The zero-order chi connectivity index (χ0) is 23.5. The molecule has 2 aliphatic heterocycles. The first kappa shape index (κ1) is 23.6. The first-order valence-corrected chi connectivity index (χ1v) is 12.7. The summed E-state index contributed by atoms with van der Waals surface area (Å²) in [5.74, 6) is -0.254. The van der Waals surface area contributed by atoms with Gasteiger partial charge < -0.3 is 30.5 Å². The van der Waals surface area contributed by atoms with Crippen LogP contribution in [0.5, 0.6) is 0 Å². The van der Waals surface area contributed by atoms with Gasteiger partial charge in [0.1, 0.15) is 18.3 Å². The molecule has 4 rings (SSSR count). The van der Waals surface area contributed by atoms with Gasteiger partial charge in [-0.25, -0.2) is 18.7 Å². The Morgan fingerprint density at radius 1 is 1.25 bits per heavy atom. The Kier molecular flexibility index (Phi) is 5.92. The van der Waals surface area contributed by atoms with Crippen molar-refractivity contribution in [1.29, 1.82) is 0 Å². The summed E-state index contributed by atoms with van der Waals surface area (Å²) >= 11 is 0. The van der Waals surface area contributed by atoms with Crippen LogP contribution in [0.1, 0.15) is 6.23 Å². The van der Waals surface area contributed by atoms with Crippen LogP contribution >= 0.6 is 23.5 Å². The van der Waals surface area contributed by atoms with E-state index in [1.54, 1.807) is 0 Å². The summed E-state index contributed by atoms with van der Waals surface area (Å²) in [4.78, 5) is 40.7. The van der Waals surface area contributed by atoms with Gasteiger partial charge in [-0.2, -0.15) is 13.6 Å². The van der Waals surface area contributed by atoms with E-state index in [-0.39, 0.29) is 17.1 Å². The smallest absolute Gasteiger partial charge is 0.387 e. The molecule has 2 saturated heterocycles. The van der Waals surface area contributed by atoms with Gasteiger partial charge >= 0.3 is 23.5 Å². The second-order valence-corrected chi connectivity index (χ2v) is 10.9. The fourth-order valence-corrected chi connectivity index (χ4v) is 6.14. The summed E-state index contributed by atoms with van der Waals surface area (Å²) < 4.78 is 61.0. The number of aromatic nitrogens is 4. The average Bonchev–Trinajstić information content (AvgIpc) is 3.10. The third-order valence-electron chi connectivity index (χ3n) is 4.07.